The van der Waals surface area contributed by atoms with Crippen LogP contribution in [0.25, 0.3) is 0 Å². The van der Waals surface area contributed by atoms with Crippen LogP contribution in [0, 0.1) is 0 Å². The van der Waals surface area contributed by atoms with Crippen LogP contribution in [-0.4, -0.2) is 26.3 Å². The third-order valence-corrected chi connectivity index (χ3v) is 4.72. The lowest BCUT2D eigenvalue weighted by Gasteiger charge is -2.17. The first-order chi connectivity index (χ1) is 15.1. The Bertz CT molecular complexity index is 1140. The number of Topliss-reactive ketones (excluding diaryl/α,β-unsaturated/α-hetero) is 1. The van der Waals surface area contributed by atoms with Crippen molar-refractivity contribution in [2.45, 2.75) is 26.3 Å². The van der Waals surface area contributed by atoms with Crippen molar-refractivity contribution in [3.05, 3.63) is 76.9 Å². The second-order valence-electron chi connectivity index (χ2n) is 7.07. The number of benzene rings is 2. The van der Waals surface area contributed by atoms with E-state index in [-0.39, 0.29) is 19.1 Å². The molecule has 1 aromatic heterocycles. The second kappa shape index (κ2) is 9.13. The molecular weight excluding hydrogens is 427 g/mol. The highest BCUT2D eigenvalue weighted by molar-refractivity contribution is 5.97. The zero-order chi connectivity index (χ0) is 23.5. The number of phenolic OH excluding ortho intramolecular Hbond substituents is 1. The van der Waals surface area contributed by atoms with Gasteiger partial charge in [0.1, 0.15) is 29.4 Å². The molecular formula is C22H20F3N3O4. The van der Waals surface area contributed by atoms with Crippen LogP contribution in [0.15, 0.2) is 48.9 Å². The van der Waals surface area contributed by atoms with Gasteiger partial charge in [-0.3, -0.25) is 9.59 Å². The van der Waals surface area contributed by atoms with E-state index < -0.39 is 34.6 Å². The van der Waals surface area contributed by atoms with Gasteiger partial charge in [0.2, 0.25) is 0 Å². The van der Waals surface area contributed by atoms with Crippen molar-refractivity contribution in [1.29, 1.82) is 0 Å². The fourth-order valence-electron chi connectivity index (χ4n) is 3.01. The van der Waals surface area contributed by atoms with Gasteiger partial charge in [-0.2, -0.15) is 13.2 Å². The molecule has 32 heavy (non-hydrogen) atoms. The maximum absolute atomic E-state index is 13.4. The first-order valence-electron chi connectivity index (χ1n) is 9.47. The number of ether oxygens (including phenoxy) is 1. The lowest BCUT2D eigenvalue weighted by Crippen LogP contribution is -2.24. The maximum atomic E-state index is 13.4. The number of aromatic nitrogens is 2. The normalized spacial score (nSPS) is 11.3. The predicted octanol–water partition coefficient (Wildman–Crippen LogP) is 3.86. The molecule has 10 heteroatoms. The fraction of sp³-hybridized carbons (Fsp3) is 0.227. The first-order valence-corrected chi connectivity index (χ1v) is 9.47. The summed E-state index contributed by atoms with van der Waals surface area (Å²) in [5.41, 5.74) is -0.0462. The first kappa shape index (κ1) is 22.9. The molecule has 0 bridgehead atoms. The molecule has 1 heterocycles. The van der Waals surface area contributed by atoms with E-state index in [1.165, 1.54) is 12.5 Å². The molecule has 7 nitrogen and oxygen atoms in total. The van der Waals surface area contributed by atoms with Gasteiger partial charge in [-0.05, 0) is 30.2 Å². The molecule has 0 fully saturated rings. The number of alkyl halides is 3. The molecule has 1 amide bonds. The lowest BCUT2D eigenvalue weighted by molar-refractivity contribution is -0.140. The number of nitrogens with zero attached hydrogens (tertiary/aromatic N) is 2. The lowest BCUT2D eigenvalue weighted by atomic mass is 10.0. The summed E-state index contributed by atoms with van der Waals surface area (Å²) in [6.45, 7) is 1.13. The number of amides is 1. The maximum Gasteiger partial charge on any atom is 0.423 e. The van der Waals surface area contributed by atoms with E-state index in [2.05, 4.69) is 10.3 Å². The smallest absolute Gasteiger partial charge is 0.423 e. The van der Waals surface area contributed by atoms with Crippen molar-refractivity contribution < 1.29 is 32.6 Å². The summed E-state index contributed by atoms with van der Waals surface area (Å²) in [7, 11) is 1.70. The number of aryl methyl sites for hydroxylation is 1. The van der Waals surface area contributed by atoms with Gasteiger partial charge in [0.05, 0.1) is 18.1 Å². The largest absolute Gasteiger partial charge is 0.506 e. The average Bonchev–Trinajstić information content (AvgIpc) is 3.16. The van der Waals surface area contributed by atoms with Gasteiger partial charge in [0, 0.05) is 13.6 Å². The van der Waals surface area contributed by atoms with E-state index in [1.54, 1.807) is 35.9 Å². The Balaban J connectivity index is 1.66. The van der Waals surface area contributed by atoms with Gasteiger partial charge in [-0.1, -0.05) is 24.3 Å². The highest BCUT2D eigenvalue weighted by atomic mass is 19.4. The highest BCUT2D eigenvalue weighted by Gasteiger charge is 2.39. The van der Waals surface area contributed by atoms with Crippen molar-refractivity contribution in [3.8, 4) is 11.5 Å². The number of nitrogens with one attached hydrogen (secondary N) is 1. The van der Waals surface area contributed by atoms with Gasteiger partial charge in [-0.25, -0.2) is 4.98 Å². The Morgan fingerprint density at radius 1 is 1.12 bits per heavy atom. The van der Waals surface area contributed by atoms with Crippen LogP contribution in [0.2, 0.25) is 0 Å². The Labute approximate surface area is 181 Å². The Kier molecular flexibility index (Phi) is 6.52. The number of ketones is 1. The van der Waals surface area contributed by atoms with E-state index in [1.807, 2.05) is 0 Å². The van der Waals surface area contributed by atoms with Crippen LogP contribution >= 0.6 is 0 Å². The van der Waals surface area contributed by atoms with Crippen LogP contribution < -0.4 is 10.1 Å². The van der Waals surface area contributed by atoms with E-state index >= 15 is 0 Å². The van der Waals surface area contributed by atoms with Gasteiger partial charge in [-0.15, -0.1) is 0 Å². The number of rotatable bonds is 7. The molecule has 2 aromatic carbocycles. The number of halogens is 3. The van der Waals surface area contributed by atoms with Crippen molar-refractivity contribution in [2.24, 2.45) is 7.05 Å². The van der Waals surface area contributed by atoms with Gasteiger partial charge in [0.25, 0.3) is 5.91 Å². The van der Waals surface area contributed by atoms with Crippen molar-refractivity contribution >= 4 is 11.7 Å². The van der Waals surface area contributed by atoms with Gasteiger partial charge >= 0.3 is 6.18 Å². The van der Waals surface area contributed by atoms with Crippen LogP contribution in [0.3, 0.4) is 0 Å². The minimum Gasteiger partial charge on any atom is -0.506 e. The topological polar surface area (TPSA) is 93.5 Å². The molecule has 0 spiro atoms. The monoisotopic (exact) mass is 447 g/mol. The zero-order valence-corrected chi connectivity index (χ0v) is 17.2. The van der Waals surface area contributed by atoms with E-state index in [4.69, 9.17) is 4.74 Å². The van der Waals surface area contributed by atoms with E-state index in [9.17, 15) is 27.9 Å². The quantitative estimate of drug-likeness (QED) is 0.537. The van der Waals surface area contributed by atoms with Crippen LogP contribution in [0.1, 0.15) is 44.5 Å². The minimum absolute atomic E-state index is 0.191. The summed E-state index contributed by atoms with van der Waals surface area (Å²) in [5, 5.41) is 12.7. The molecule has 0 aliphatic carbocycles. The van der Waals surface area contributed by atoms with Crippen molar-refractivity contribution in [3.63, 3.8) is 0 Å². The molecule has 0 saturated carbocycles. The standard InChI is InChI=1S/C22H20F3N3O4/c1-13(29)16-7-8-18(19(20(16)30)22(23,24)25)32-11-15-5-3-14(4-6-15)9-27-21(31)17-10-26-12-28(17)2/h3-8,10,12,30H,9,11H2,1-2H3,(H,27,31). The molecule has 0 aliphatic rings. The molecule has 0 aliphatic heterocycles. The number of carbonyl (C=O) groups is 2. The number of imidazole rings is 1. The van der Waals surface area contributed by atoms with Gasteiger partial charge < -0.3 is 19.7 Å². The van der Waals surface area contributed by atoms with E-state index in [0.717, 1.165) is 24.6 Å². The van der Waals surface area contributed by atoms with Crippen molar-refractivity contribution in [2.75, 3.05) is 0 Å². The number of carbonyl (C=O) groups excluding carboxylic acids is 2. The molecule has 3 aromatic rings. The number of phenols is 1. The van der Waals surface area contributed by atoms with Crippen molar-refractivity contribution in [1.82, 2.24) is 14.9 Å². The Hall–Kier alpha value is -3.82. The molecule has 168 valence electrons. The second-order valence-corrected chi connectivity index (χ2v) is 7.07. The molecule has 2 N–H and O–H groups in total. The fourth-order valence-corrected chi connectivity index (χ4v) is 3.01. The average molecular weight is 447 g/mol. The number of hydrogen-bond acceptors (Lipinski definition) is 5. The minimum atomic E-state index is -4.90. The summed E-state index contributed by atoms with van der Waals surface area (Å²) in [5.74, 6) is -2.70. The Morgan fingerprint density at radius 2 is 1.78 bits per heavy atom. The molecule has 3 rings (SSSR count). The SMILES string of the molecule is CC(=O)c1ccc(OCc2ccc(CNC(=O)c3cncn3C)cc2)c(C(F)(F)F)c1O. The molecule has 0 unspecified atom stereocenters. The van der Waals surface area contributed by atoms with Crippen LogP contribution in [-0.2, 0) is 26.4 Å². The summed E-state index contributed by atoms with van der Waals surface area (Å²) in [6, 6.07) is 8.84. The van der Waals surface area contributed by atoms with Gasteiger partial charge in [0.15, 0.2) is 5.78 Å². The summed E-state index contributed by atoms with van der Waals surface area (Å²) >= 11 is 0. The molecule has 0 atom stereocenters. The predicted molar refractivity (Wildman–Crippen MR) is 108 cm³/mol. The summed E-state index contributed by atoms with van der Waals surface area (Å²) in [6.07, 6.45) is -1.94. The third-order valence-electron chi connectivity index (χ3n) is 4.72. The Morgan fingerprint density at radius 3 is 2.34 bits per heavy atom. The van der Waals surface area contributed by atoms with Crippen LogP contribution in [0.4, 0.5) is 13.2 Å². The summed E-state index contributed by atoms with van der Waals surface area (Å²) in [4.78, 5) is 27.4. The third kappa shape index (κ3) is 5.08. The zero-order valence-electron chi connectivity index (χ0n) is 17.2. The van der Waals surface area contributed by atoms with E-state index in [0.29, 0.717) is 11.3 Å². The molecule has 0 radical (unpaired) electrons. The summed E-state index contributed by atoms with van der Waals surface area (Å²) < 4.78 is 47.1. The molecule has 0 saturated heterocycles. The number of hydrogen-bond donors (Lipinski definition) is 2. The highest BCUT2D eigenvalue weighted by Crippen LogP contribution is 2.44. The van der Waals surface area contributed by atoms with Crippen LogP contribution in [0.5, 0.6) is 11.5 Å². The number of aromatic hydroxyl groups is 1.